The summed E-state index contributed by atoms with van der Waals surface area (Å²) in [5, 5.41) is 9.58. The van der Waals surface area contributed by atoms with E-state index in [-0.39, 0.29) is 11.0 Å². The van der Waals surface area contributed by atoms with Crippen molar-refractivity contribution in [2.24, 2.45) is 0 Å². The number of rotatable bonds is 8. The first-order chi connectivity index (χ1) is 38.6. The lowest BCUT2D eigenvalue weighted by Gasteiger charge is -2.35. The molecule has 1 unspecified atom stereocenters. The molecule has 0 aliphatic carbocycles. The maximum Gasteiger partial charge on any atom is 0.149 e. The molecule has 12 heteroatoms. The number of halogens is 4. The molecule has 14 rings (SSSR count). The Balaban J connectivity index is 1.01. The number of anilines is 1. The van der Waals surface area contributed by atoms with Gasteiger partial charge in [-0.2, -0.15) is 0 Å². The van der Waals surface area contributed by atoms with Crippen LogP contribution in [0.3, 0.4) is 0 Å². The Morgan fingerprint density at radius 1 is 0.595 bits per heavy atom. The predicted octanol–water partition coefficient (Wildman–Crippen LogP) is 18.0. The van der Waals surface area contributed by atoms with Crippen LogP contribution in [0.25, 0.3) is 110 Å². The van der Waals surface area contributed by atoms with Gasteiger partial charge in [-0.25, -0.2) is 19.3 Å². The van der Waals surface area contributed by atoms with Crippen LogP contribution in [0.5, 0.6) is 5.75 Å². The van der Waals surface area contributed by atoms with E-state index >= 15 is 4.39 Å². The summed E-state index contributed by atoms with van der Waals surface area (Å²) < 4.78 is 24.6. The molecule has 0 saturated carbocycles. The summed E-state index contributed by atoms with van der Waals surface area (Å²) in [6, 6.07) is 58.7. The largest absolute Gasteiger partial charge is 0.496 e. The zero-order valence-corrected chi connectivity index (χ0v) is 45.8. The van der Waals surface area contributed by atoms with Crippen LogP contribution in [0.1, 0.15) is 34.0 Å². The third-order valence-corrected chi connectivity index (χ3v) is 16.7. The van der Waals surface area contributed by atoms with E-state index < -0.39 is 5.92 Å². The maximum absolute atomic E-state index is 17.5. The van der Waals surface area contributed by atoms with Crippen LogP contribution >= 0.6 is 39.1 Å². The minimum absolute atomic E-state index is 0.157. The molecule has 13 aromatic rings. The predicted molar refractivity (Wildman–Crippen MR) is 324 cm³/mol. The Morgan fingerprint density at radius 2 is 1.23 bits per heavy atom. The van der Waals surface area contributed by atoms with Crippen molar-refractivity contribution in [3.63, 3.8) is 0 Å². The van der Waals surface area contributed by atoms with Crippen LogP contribution in [0.4, 0.5) is 10.1 Å². The second kappa shape index (κ2) is 19.4. The average Bonchev–Trinajstić information content (AvgIpc) is 3.58. The van der Waals surface area contributed by atoms with E-state index in [0.29, 0.717) is 50.3 Å². The number of hydrogen-bond donors (Lipinski definition) is 0. The summed E-state index contributed by atoms with van der Waals surface area (Å²) in [5.74, 6) is -0.626. The van der Waals surface area contributed by atoms with E-state index in [1.807, 2.05) is 139 Å². The lowest BCUT2D eigenvalue weighted by molar-refractivity contribution is 0.406. The summed E-state index contributed by atoms with van der Waals surface area (Å²) in [6.45, 7) is 2.07. The second-order valence-corrected chi connectivity index (χ2v) is 21.3. The van der Waals surface area contributed by atoms with Crippen LogP contribution in [0.2, 0.25) is 10.2 Å². The molecule has 0 radical (unpaired) electrons. The summed E-state index contributed by atoms with van der Waals surface area (Å²) in [4.78, 5) is 33.2. The molecule has 1 aliphatic heterocycles. The van der Waals surface area contributed by atoms with Crippen molar-refractivity contribution in [3.05, 3.63) is 237 Å². The van der Waals surface area contributed by atoms with Gasteiger partial charge in [0.2, 0.25) is 0 Å². The van der Waals surface area contributed by atoms with Gasteiger partial charge in [0.1, 0.15) is 21.3 Å². The number of hydrogen-bond acceptors (Lipinski definition) is 8. The summed E-state index contributed by atoms with van der Waals surface area (Å²) in [6.07, 6.45) is 3.75. The number of pyridine rings is 6. The minimum Gasteiger partial charge on any atom is -0.496 e. The highest BCUT2D eigenvalue weighted by Gasteiger charge is 2.38. The zero-order chi connectivity index (χ0) is 53.6. The number of nitrogens with zero attached hydrogens (tertiary/aromatic N) is 7. The first-order valence-electron chi connectivity index (χ1n) is 25.8. The van der Waals surface area contributed by atoms with Gasteiger partial charge < -0.3 is 9.64 Å². The quantitative estimate of drug-likeness (QED) is 0.139. The second-order valence-electron chi connectivity index (χ2n) is 19.9. The van der Waals surface area contributed by atoms with E-state index in [4.69, 9.17) is 57.8 Å². The Morgan fingerprint density at radius 3 is 1.99 bits per heavy atom. The standard InChI is InChI=1S/C67H43BrCl2FN7O/c1-36-54(64-56(48(65(36)79-3)34-41-29-27-38-16-6-12-25-50(38)73-41)58(49(71)35-78(64)2)52-30-28-39-17-7-13-26-51(39)74-52)62-43-20-9-5-18-40(43)33-53(75-62)61-45-22-11-10-21-44(45)57(66(68)76-61)63-47-24-14-23-46(55(47)59(69)67(70)77-63)60-42-19-8-4-15-37(42)31-32-72-60/h4-33,35,58H,34H2,1-3H3. The van der Waals surface area contributed by atoms with Crippen LogP contribution in [0, 0.1) is 6.92 Å². The Bertz CT molecular complexity index is 4760. The lowest BCUT2D eigenvalue weighted by atomic mass is 9.79. The van der Waals surface area contributed by atoms with Crippen LogP contribution in [-0.2, 0) is 6.42 Å². The van der Waals surface area contributed by atoms with Gasteiger partial charge in [0, 0.05) is 97.1 Å². The lowest BCUT2D eigenvalue weighted by Crippen LogP contribution is -2.24. The minimum atomic E-state index is -0.895. The van der Waals surface area contributed by atoms with E-state index in [1.54, 1.807) is 13.3 Å². The molecular formula is C67H43BrCl2FN7O. The van der Waals surface area contributed by atoms with Gasteiger partial charge in [0.05, 0.1) is 68.9 Å². The number of aromatic nitrogens is 6. The highest BCUT2D eigenvalue weighted by molar-refractivity contribution is 9.10. The monoisotopic (exact) mass is 1130 g/mol. The first-order valence-corrected chi connectivity index (χ1v) is 27.3. The van der Waals surface area contributed by atoms with Crippen molar-refractivity contribution in [1.29, 1.82) is 0 Å². The van der Waals surface area contributed by atoms with Gasteiger partial charge in [-0.1, -0.05) is 163 Å². The maximum atomic E-state index is 17.5. The molecule has 79 heavy (non-hydrogen) atoms. The zero-order valence-electron chi connectivity index (χ0n) is 42.7. The summed E-state index contributed by atoms with van der Waals surface area (Å²) in [5.41, 5.74) is 11.9. The Kier molecular flexibility index (Phi) is 11.9. The molecule has 380 valence electrons. The molecule has 7 aromatic carbocycles. The molecule has 1 aliphatic rings. The highest BCUT2D eigenvalue weighted by Crippen LogP contribution is 2.54. The average molecular weight is 1130 g/mol. The molecular weight excluding hydrogens is 1090 g/mol. The SMILES string of the molecule is COc1c(C)c(-c2nc(-c3nc(Br)c(-c4nc(Cl)c(Cl)c5c(-c6nccc7ccccc67)cccc45)c4ccccc34)cc3ccccc23)c2c(c1Cc1ccc3ccccc3n1)C(c1ccc3ccccc3n1)C(F)=CN2C. The van der Waals surface area contributed by atoms with Gasteiger partial charge in [-0.3, -0.25) is 15.0 Å². The number of methoxy groups -OCH3 is 1. The molecule has 1 atom stereocenters. The molecule has 0 spiro atoms. The summed E-state index contributed by atoms with van der Waals surface area (Å²) >= 11 is 18.2. The van der Waals surface area contributed by atoms with Crippen molar-refractivity contribution in [2.45, 2.75) is 19.3 Å². The van der Waals surface area contributed by atoms with Crippen LogP contribution in [0.15, 0.2) is 199 Å². The fourth-order valence-corrected chi connectivity index (χ4v) is 12.9. The number of benzene rings is 7. The molecule has 6 aromatic heterocycles. The summed E-state index contributed by atoms with van der Waals surface area (Å²) in [7, 11) is 3.58. The van der Waals surface area contributed by atoms with Crippen LogP contribution in [-0.4, -0.2) is 44.1 Å². The van der Waals surface area contributed by atoms with E-state index in [0.717, 1.165) is 115 Å². The molecule has 0 saturated heterocycles. The Hall–Kier alpha value is -8.67. The fraction of sp³-hybridized carbons (Fsp3) is 0.0746. The fourth-order valence-electron chi connectivity index (χ4n) is 11.9. The third-order valence-electron chi connectivity index (χ3n) is 15.4. The molecule has 0 N–H and O–H groups in total. The van der Waals surface area contributed by atoms with E-state index in [1.165, 1.54) is 0 Å². The first kappa shape index (κ1) is 48.7. The van der Waals surface area contributed by atoms with Gasteiger partial charge in [-0.05, 0) is 81.0 Å². The highest BCUT2D eigenvalue weighted by atomic mass is 79.9. The van der Waals surface area contributed by atoms with E-state index in [9.17, 15) is 0 Å². The van der Waals surface area contributed by atoms with Gasteiger partial charge in [0.15, 0.2) is 0 Å². The van der Waals surface area contributed by atoms with Crippen LogP contribution < -0.4 is 9.64 Å². The topological polar surface area (TPSA) is 89.8 Å². The van der Waals surface area contributed by atoms with Crippen molar-refractivity contribution in [3.8, 4) is 50.9 Å². The van der Waals surface area contributed by atoms with Gasteiger partial charge in [-0.15, -0.1) is 0 Å². The molecule has 0 bridgehead atoms. The van der Waals surface area contributed by atoms with Crippen molar-refractivity contribution >= 4 is 110 Å². The smallest absolute Gasteiger partial charge is 0.149 e. The number of fused-ring (bicyclic) bond motifs is 7. The van der Waals surface area contributed by atoms with Gasteiger partial charge >= 0.3 is 0 Å². The van der Waals surface area contributed by atoms with Crippen molar-refractivity contribution < 1.29 is 9.13 Å². The van der Waals surface area contributed by atoms with E-state index in [2.05, 4.69) is 77.5 Å². The molecule has 0 fully saturated rings. The normalized spacial score (nSPS) is 13.5. The number of allylic oxidation sites excluding steroid dienone is 1. The van der Waals surface area contributed by atoms with Crippen molar-refractivity contribution in [2.75, 3.05) is 19.1 Å². The number of para-hydroxylation sites is 2. The Labute approximate surface area is 472 Å². The molecule has 8 nitrogen and oxygen atoms in total. The third kappa shape index (κ3) is 7.99. The van der Waals surface area contributed by atoms with Crippen molar-refractivity contribution in [1.82, 2.24) is 29.9 Å². The van der Waals surface area contributed by atoms with Gasteiger partial charge in [0.25, 0.3) is 0 Å². The number of ether oxygens (including phenoxy) is 1. The molecule has 7 heterocycles. The molecule has 0 amide bonds.